The molecule has 1 aromatic rings. The van der Waals surface area contributed by atoms with Crippen molar-refractivity contribution in [1.82, 2.24) is 4.90 Å². The maximum atomic E-state index is 11.9. The quantitative estimate of drug-likeness (QED) is 0.859. The van der Waals surface area contributed by atoms with E-state index in [0.29, 0.717) is 12.3 Å². The zero-order valence-corrected chi connectivity index (χ0v) is 12.3. The van der Waals surface area contributed by atoms with Gasteiger partial charge < -0.3 is 15.1 Å². The molecule has 0 aromatic carbocycles. The molecule has 0 fully saturated rings. The molecule has 2 N–H and O–H groups in total. The summed E-state index contributed by atoms with van der Waals surface area (Å²) < 4.78 is 5.44. The number of nitrogens with two attached hydrogens (primary N) is 1. The van der Waals surface area contributed by atoms with Crippen molar-refractivity contribution in [2.45, 2.75) is 32.9 Å². The molecule has 0 spiro atoms. The van der Waals surface area contributed by atoms with Crippen LogP contribution in [0.1, 0.15) is 25.4 Å². The second kappa shape index (κ2) is 6.29. The minimum Gasteiger partial charge on any atom is -0.464 e. The van der Waals surface area contributed by atoms with Crippen LogP contribution in [0, 0.1) is 6.92 Å². The van der Waals surface area contributed by atoms with Crippen molar-refractivity contribution >= 4 is 17.7 Å². The number of hydrogen-bond donors (Lipinski definition) is 1. The van der Waals surface area contributed by atoms with Crippen molar-refractivity contribution in [3.63, 3.8) is 0 Å². The van der Waals surface area contributed by atoms with Crippen molar-refractivity contribution in [1.29, 1.82) is 0 Å². The number of rotatable bonds is 6. The number of hydrogen-bond acceptors (Lipinski definition) is 4. The molecule has 0 saturated heterocycles. The summed E-state index contributed by atoms with van der Waals surface area (Å²) in [5.41, 5.74) is 5.63. The summed E-state index contributed by atoms with van der Waals surface area (Å²) in [6.07, 6.45) is 0. The minimum atomic E-state index is -0.234. The summed E-state index contributed by atoms with van der Waals surface area (Å²) in [5.74, 6) is 3.00. The van der Waals surface area contributed by atoms with Crippen molar-refractivity contribution in [3.05, 3.63) is 23.7 Å². The van der Waals surface area contributed by atoms with Crippen LogP contribution in [0.3, 0.4) is 0 Å². The lowest BCUT2D eigenvalue weighted by Gasteiger charge is -2.19. The van der Waals surface area contributed by atoms with Gasteiger partial charge in [-0.1, -0.05) is 0 Å². The lowest BCUT2D eigenvalue weighted by Crippen LogP contribution is -2.36. The molecule has 0 saturated carbocycles. The van der Waals surface area contributed by atoms with Crippen LogP contribution in [-0.4, -0.2) is 34.9 Å². The van der Waals surface area contributed by atoms with Gasteiger partial charge in [0.2, 0.25) is 5.91 Å². The fourth-order valence-electron chi connectivity index (χ4n) is 1.40. The van der Waals surface area contributed by atoms with Gasteiger partial charge in [-0.3, -0.25) is 4.79 Å². The highest BCUT2D eigenvalue weighted by atomic mass is 32.2. The molecule has 0 atom stereocenters. The van der Waals surface area contributed by atoms with Crippen LogP contribution >= 0.6 is 11.8 Å². The Morgan fingerprint density at radius 1 is 1.50 bits per heavy atom. The first-order valence-corrected chi connectivity index (χ1v) is 7.09. The summed E-state index contributed by atoms with van der Waals surface area (Å²) in [6, 6.07) is 3.80. The highest BCUT2D eigenvalue weighted by molar-refractivity contribution is 8.00. The summed E-state index contributed by atoms with van der Waals surface area (Å²) in [4.78, 5) is 13.5. The van der Waals surface area contributed by atoms with Gasteiger partial charge in [0.1, 0.15) is 11.5 Å². The van der Waals surface area contributed by atoms with E-state index in [-0.39, 0.29) is 11.4 Å². The number of carbonyl (C=O) groups is 1. The van der Waals surface area contributed by atoms with Crippen LogP contribution in [0.25, 0.3) is 0 Å². The van der Waals surface area contributed by atoms with Gasteiger partial charge in [0, 0.05) is 18.3 Å². The van der Waals surface area contributed by atoms with Gasteiger partial charge in [0.05, 0.1) is 12.3 Å². The average Bonchev–Trinajstić information content (AvgIpc) is 2.61. The molecule has 1 heterocycles. The van der Waals surface area contributed by atoms with Crippen LogP contribution in [0.15, 0.2) is 16.5 Å². The molecule has 0 bridgehead atoms. The van der Waals surface area contributed by atoms with E-state index in [9.17, 15) is 4.79 Å². The third kappa shape index (κ3) is 5.60. The van der Waals surface area contributed by atoms with Gasteiger partial charge in [-0.15, -0.1) is 0 Å². The van der Waals surface area contributed by atoms with E-state index in [0.717, 1.165) is 17.3 Å². The number of furan rings is 1. The number of carbonyl (C=O) groups excluding carboxylic acids is 1. The first kappa shape index (κ1) is 15.1. The fourth-order valence-corrected chi connectivity index (χ4v) is 2.43. The number of aryl methyl sites for hydroxylation is 1. The molecule has 0 aliphatic heterocycles. The highest BCUT2D eigenvalue weighted by Gasteiger charge is 2.14. The van der Waals surface area contributed by atoms with E-state index in [1.807, 2.05) is 32.9 Å². The second-order valence-corrected chi connectivity index (χ2v) is 6.23. The van der Waals surface area contributed by atoms with Gasteiger partial charge >= 0.3 is 0 Å². The van der Waals surface area contributed by atoms with Crippen LogP contribution in [0.5, 0.6) is 0 Å². The zero-order valence-electron chi connectivity index (χ0n) is 11.5. The Labute approximate surface area is 113 Å². The summed E-state index contributed by atoms with van der Waals surface area (Å²) >= 11 is 1.57. The monoisotopic (exact) mass is 270 g/mol. The van der Waals surface area contributed by atoms with E-state index in [4.69, 9.17) is 10.2 Å². The smallest absolute Gasteiger partial charge is 0.232 e. The Bertz CT molecular complexity index is 396. The van der Waals surface area contributed by atoms with E-state index in [2.05, 4.69) is 0 Å². The molecule has 1 rings (SSSR count). The average molecular weight is 270 g/mol. The molecule has 0 aliphatic rings. The topological polar surface area (TPSA) is 59.5 Å². The van der Waals surface area contributed by atoms with Gasteiger partial charge in [-0.05, 0) is 32.9 Å². The predicted molar refractivity (Wildman–Crippen MR) is 75.5 cm³/mol. The summed E-state index contributed by atoms with van der Waals surface area (Å²) in [5, 5.41) is 0. The Morgan fingerprint density at radius 3 is 2.67 bits per heavy atom. The van der Waals surface area contributed by atoms with Crippen LogP contribution in [-0.2, 0) is 11.3 Å². The number of amides is 1. The summed E-state index contributed by atoms with van der Waals surface area (Å²) in [7, 11) is 1.79. The van der Waals surface area contributed by atoms with Gasteiger partial charge in [-0.25, -0.2) is 0 Å². The van der Waals surface area contributed by atoms with Gasteiger partial charge in [-0.2, -0.15) is 11.8 Å². The van der Waals surface area contributed by atoms with Crippen molar-refractivity contribution in [2.24, 2.45) is 5.73 Å². The standard InChI is InChI=1S/C13H22N2O2S/c1-10-5-6-11(17-10)7-15(4)12(16)8-18-9-13(2,3)14/h5-6H,7-9,14H2,1-4H3. The Balaban J connectivity index is 2.33. The van der Waals surface area contributed by atoms with Crippen LogP contribution < -0.4 is 5.73 Å². The van der Waals surface area contributed by atoms with E-state index >= 15 is 0 Å². The molecule has 102 valence electrons. The molecule has 0 aliphatic carbocycles. The van der Waals surface area contributed by atoms with E-state index < -0.39 is 0 Å². The molecule has 5 heteroatoms. The largest absolute Gasteiger partial charge is 0.464 e. The van der Waals surface area contributed by atoms with Gasteiger partial charge in [0.25, 0.3) is 0 Å². The van der Waals surface area contributed by atoms with E-state index in [1.54, 1.807) is 23.7 Å². The normalized spacial score (nSPS) is 11.6. The Morgan fingerprint density at radius 2 is 2.17 bits per heavy atom. The lowest BCUT2D eigenvalue weighted by molar-refractivity contribution is -0.127. The fraction of sp³-hybridized carbons (Fsp3) is 0.615. The van der Waals surface area contributed by atoms with Crippen LogP contribution in [0.2, 0.25) is 0 Å². The predicted octanol–water partition coefficient (Wildman–Crippen LogP) is 2.02. The van der Waals surface area contributed by atoms with Gasteiger partial charge in [0.15, 0.2) is 0 Å². The SMILES string of the molecule is Cc1ccc(CN(C)C(=O)CSCC(C)(C)N)o1. The minimum absolute atomic E-state index is 0.0957. The zero-order chi connectivity index (χ0) is 13.8. The highest BCUT2D eigenvalue weighted by Crippen LogP contribution is 2.12. The maximum Gasteiger partial charge on any atom is 0.232 e. The molecule has 0 unspecified atom stereocenters. The first-order chi connectivity index (χ1) is 8.28. The Kier molecular flexibility index (Phi) is 5.28. The summed E-state index contributed by atoms with van der Waals surface area (Å²) in [6.45, 7) is 6.32. The van der Waals surface area contributed by atoms with Crippen LogP contribution in [0.4, 0.5) is 0 Å². The van der Waals surface area contributed by atoms with Crippen molar-refractivity contribution in [3.8, 4) is 0 Å². The van der Waals surface area contributed by atoms with Crippen molar-refractivity contribution < 1.29 is 9.21 Å². The molecule has 0 radical (unpaired) electrons. The molecule has 4 nitrogen and oxygen atoms in total. The third-order valence-electron chi connectivity index (χ3n) is 2.31. The molecule has 1 amide bonds. The second-order valence-electron chi connectivity index (χ2n) is 5.24. The molecular weight excluding hydrogens is 248 g/mol. The Hall–Kier alpha value is -0.940. The third-order valence-corrected chi connectivity index (χ3v) is 3.71. The van der Waals surface area contributed by atoms with E-state index in [1.165, 1.54) is 0 Å². The molecule has 18 heavy (non-hydrogen) atoms. The number of thioether (sulfide) groups is 1. The lowest BCUT2D eigenvalue weighted by atomic mass is 10.1. The first-order valence-electron chi connectivity index (χ1n) is 5.94. The molecule has 1 aromatic heterocycles. The number of nitrogens with zero attached hydrogens (tertiary/aromatic N) is 1. The van der Waals surface area contributed by atoms with Crippen molar-refractivity contribution in [2.75, 3.05) is 18.6 Å². The maximum absolute atomic E-state index is 11.9. The molecular formula is C13H22N2O2S.